The Hall–Kier alpha value is -2.58. The number of rotatable bonds is 4. The van der Waals surface area contributed by atoms with Gasteiger partial charge in [-0.15, -0.1) is 11.8 Å². The van der Waals surface area contributed by atoms with Crippen molar-refractivity contribution in [3.63, 3.8) is 0 Å². The summed E-state index contributed by atoms with van der Waals surface area (Å²) in [6.07, 6.45) is -0.478. The number of aryl methyl sites for hydroxylation is 1. The number of hydrogen-bond acceptors (Lipinski definition) is 6. The summed E-state index contributed by atoms with van der Waals surface area (Å²) >= 11 is 2.96. The number of thiazole rings is 1. The van der Waals surface area contributed by atoms with Gasteiger partial charge in [0.25, 0.3) is 0 Å². The molecule has 0 bridgehead atoms. The van der Waals surface area contributed by atoms with E-state index < -0.39 is 12.1 Å². The first-order chi connectivity index (χ1) is 13.6. The lowest BCUT2D eigenvalue weighted by atomic mass is 10.2. The number of hydrogen-bond donors (Lipinski definition) is 1. The van der Waals surface area contributed by atoms with E-state index in [0.29, 0.717) is 16.8 Å². The summed E-state index contributed by atoms with van der Waals surface area (Å²) in [6.45, 7) is 2.21. The van der Waals surface area contributed by atoms with E-state index in [1.807, 2.05) is 55.5 Å². The number of amides is 2. The molecule has 0 unspecified atom stereocenters. The number of fused-ring (bicyclic) bond motifs is 1. The molecule has 4 rings (SSSR count). The molecule has 144 valence electrons. The van der Waals surface area contributed by atoms with Crippen LogP contribution in [0.4, 0.5) is 9.93 Å². The number of nitrogens with one attached hydrogen (secondary N) is 1. The fraction of sp³-hybridized carbons (Fsp3) is 0.250. The molecule has 1 aliphatic rings. The van der Waals surface area contributed by atoms with Crippen LogP contribution in [0.25, 0.3) is 10.2 Å². The van der Waals surface area contributed by atoms with Gasteiger partial charge in [-0.3, -0.25) is 9.69 Å². The normalized spacial score (nSPS) is 16.3. The number of thioether (sulfide) groups is 1. The van der Waals surface area contributed by atoms with Crippen molar-refractivity contribution in [1.29, 1.82) is 0 Å². The second-order valence-electron chi connectivity index (χ2n) is 6.51. The number of anilines is 1. The Bertz CT molecular complexity index is 1010. The highest BCUT2D eigenvalue weighted by Gasteiger charge is 2.36. The third-order valence-corrected chi connectivity index (χ3v) is 6.34. The van der Waals surface area contributed by atoms with Crippen LogP contribution in [0.2, 0.25) is 0 Å². The number of nitrogens with zero attached hydrogens (tertiary/aromatic N) is 2. The first kappa shape index (κ1) is 18.8. The Morgan fingerprint density at radius 1 is 1.25 bits per heavy atom. The maximum atomic E-state index is 12.7. The standard InChI is InChI=1S/C20H19N3O3S2/c1-13-7-8-15-17(9-13)28-19(21-15)22-18(24)16-11-27-12-23(16)20(25)26-10-14-5-3-2-4-6-14/h2-9,16H,10-12H2,1H3,(H,21,22,24)/t16-/m1/s1. The minimum atomic E-state index is -0.568. The van der Waals surface area contributed by atoms with Crippen LogP contribution in [-0.4, -0.2) is 39.6 Å². The van der Waals surface area contributed by atoms with Crippen molar-refractivity contribution in [1.82, 2.24) is 9.88 Å². The maximum Gasteiger partial charge on any atom is 0.411 e. The highest BCUT2D eigenvalue weighted by Crippen LogP contribution is 2.28. The first-order valence-corrected chi connectivity index (χ1v) is 10.8. The molecular weight excluding hydrogens is 394 g/mol. The molecule has 1 aliphatic heterocycles. The zero-order valence-electron chi connectivity index (χ0n) is 15.3. The average Bonchev–Trinajstić information content (AvgIpc) is 3.33. The molecule has 0 spiro atoms. The molecule has 1 saturated heterocycles. The predicted molar refractivity (Wildman–Crippen MR) is 113 cm³/mol. The Morgan fingerprint density at radius 2 is 2.07 bits per heavy atom. The largest absolute Gasteiger partial charge is 0.445 e. The van der Waals surface area contributed by atoms with Crippen LogP contribution in [0, 0.1) is 6.92 Å². The summed E-state index contributed by atoms with van der Waals surface area (Å²) < 4.78 is 6.41. The zero-order valence-corrected chi connectivity index (χ0v) is 16.9. The second-order valence-corrected chi connectivity index (χ2v) is 8.54. The fourth-order valence-electron chi connectivity index (χ4n) is 2.92. The van der Waals surface area contributed by atoms with E-state index in [2.05, 4.69) is 10.3 Å². The third kappa shape index (κ3) is 4.13. The van der Waals surface area contributed by atoms with Gasteiger partial charge >= 0.3 is 6.09 Å². The summed E-state index contributed by atoms with van der Waals surface area (Å²) in [5.74, 6) is 0.735. The lowest BCUT2D eigenvalue weighted by Gasteiger charge is -2.22. The highest BCUT2D eigenvalue weighted by molar-refractivity contribution is 7.99. The lowest BCUT2D eigenvalue weighted by Crippen LogP contribution is -2.44. The van der Waals surface area contributed by atoms with Crippen molar-refractivity contribution >= 4 is 50.4 Å². The van der Waals surface area contributed by atoms with Gasteiger partial charge in [-0.05, 0) is 30.2 Å². The Kier molecular flexibility index (Phi) is 5.50. The average molecular weight is 414 g/mol. The van der Waals surface area contributed by atoms with Gasteiger partial charge in [0.15, 0.2) is 5.13 Å². The molecule has 0 radical (unpaired) electrons. The number of carbonyl (C=O) groups is 2. The van der Waals surface area contributed by atoms with Crippen molar-refractivity contribution in [2.45, 2.75) is 19.6 Å². The smallest absolute Gasteiger partial charge is 0.411 e. The molecule has 0 aliphatic carbocycles. The van der Waals surface area contributed by atoms with Gasteiger partial charge < -0.3 is 10.1 Å². The lowest BCUT2D eigenvalue weighted by molar-refractivity contribution is -0.119. The van der Waals surface area contributed by atoms with Gasteiger partial charge in [-0.1, -0.05) is 47.7 Å². The van der Waals surface area contributed by atoms with Crippen LogP contribution in [0.5, 0.6) is 0 Å². The summed E-state index contributed by atoms with van der Waals surface area (Å²) in [5, 5.41) is 3.40. The van der Waals surface area contributed by atoms with Gasteiger partial charge in [0.05, 0.1) is 16.1 Å². The minimum absolute atomic E-state index is 0.187. The maximum absolute atomic E-state index is 12.7. The molecule has 0 saturated carbocycles. The van der Waals surface area contributed by atoms with Crippen LogP contribution < -0.4 is 5.32 Å². The summed E-state index contributed by atoms with van der Waals surface area (Å²) in [5.41, 5.74) is 2.91. The molecular formula is C20H19N3O3S2. The number of benzene rings is 2. The topological polar surface area (TPSA) is 71.5 Å². The Balaban J connectivity index is 1.40. The van der Waals surface area contributed by atoms with Crippen molar-refractivity contribution < 1.29 is 14.3 Å². The molecule has 2 aromatic carbocycles. The third-order valence-electron chi connectivity index (χ3n) is 4.40. The molecule has 8 heteroatoms. The van der Waals surface area contributed by atoms with Crippen LogP contribution in [0.15, 0.2) is 48.5 Å². The van der Waals surface area contributed by atoms with E-state index >= 15 is 0 Å². The monoisotopic (exact) mass is 413 g/mol. The minimum Gasteiger partial charge on any atom is -0.445 e. The molecule has 2 heterocycles. The molecule has 1 N–H and O–H groups in total. The first-order valence-electron chi connectivity index (χ1n) is 8.83. The summed E-state index contributed by atoms with van der Waals surface area (Å²) in [4.78, 5) is 31.1. The van der Waals surface area contributed by atoms with Crippen LogP contribution in [-0.2, 0) is 16.1 Å². The second kappa shape index (κ2) is 8.20. The van der Waals surface area contributed by atoms with Crippen LogP contribution in [0.1, 0.15) is 11.1 Å². The van der Waals surface area contributed by atoms with Crippen molar-refractivity contribution in [3.8, 4) is 0 Å². The number of carbonyl (C=O) groups excluding carboxylic acids is 2. The van der Waals surface area contributed by atoms with Gasteiger partial charge in [0, 0.05) is 5.75 Å². The van der Waals surface area contributed by atoms with Crippen molar-refractivity contribution in [3.05, 3.63) is 59.7 Å². The van der Waals surface area contributed by atoms with Gasteiger partial charge in [0.2, 0.25) is 5.91 Å². The fourth-order valence-corrected chi connectivity index (χ4v) is 5.03. The zero-order chi connectivity index (χ0) is 19.5. The van der Waals surface area contributed by atoms with E-state index in [-0.39, 0.29) is 12.5 Å². The highest BCUT2D eigenvalue weighted by atomic mass is 32.2. The molecule has 6 nitrogen and oxygen atoms in total. The molecule has 2 amide bonds. The Morgan fingerprint density at radius 3 is 2.89 bits per heavy atom. The predicted octanol–water partition coefficient (Wildman–Crippen LogP) is 4.25. The Labute approximate surface area is 170 Å². The van der Waals surface area contributed by atoms with E-state index in [4.69, 9.17) is 4.74 Å². The van der Waals surface area contributed by atoms with Crippen LogP contribution >= 0.6 is 23.1 Å². The summed E-state index contributed by atoms with van der Waals surface area (Å²) in [6, 6.07) is 14.9. The van der Waals surface area contributed by atoms with Gasteiger partial charge in [-0.2, -0.15) is 0 Å². The van der Waals surface area contributed by atoms with Gasteiger partial charge in [0.1, 0.15) is 12.6 Å². The summed E-state index contributed by atoms with van der Waals surface area (Å²) in [7, 11) is 0. The van der Waals surface area contributed by atoms with E-state index in [9.17, 15) is 9.59 Å². The molecule has 1 aromatic heterocycles. The number of ether oxygens (including phenoxy) is 1. The van der Waals surface area contributed by atoms with E-state index in [1.165, 1.54) is 28.0 Å². The molecule has 28 heavy (non-hydrogen) atoms. The SMILES string of the molecule is Cc1ccc2nc(NC(=O)[C@H]3CSCN3C(=O)OCc3ccccc3)sc2c1. The van der Waals surface area contributed by atoms with Crippen LogP contribution in [0.3, 0.4) is 0 Å². The van der Waals surface area contributed by atoms with E-state index in [1.54, 1.807) is 0 Å². The van der Waals surface area contributed by atoms with Crippen molar-refractivity contribution in [2.24, 2.45) is 0 Å². The molecule has 3 aromatic rings. The molecule has 1 atom stereocenters. The van der Waals surface area contributed by atoms with Crippen molar-refractivity contribution in [2.75, 3.05) is 16.9 Å². The van der Waals surface area contributed by atoms with E-state index in [0.717, 1.165) is 21.3 Å². The van der Waals surface area contributed by atoms with Gasteiger partial charge in [-0.25, -0.2) is 9.78 Å². The quantitative estimate of drug-likeness (QED) is 0.692. The number of aromatic nitrogens is 1. The molecule has 1 fully saturated rings.